The highest BCUT2D eigenvalue weighted by atomic mass is 19.1. The Morgan fingerprint density at radius 2 is 1.74 bits per heavy atom. The highest BCUT2D eigenvalue weighted by Crippen LogP contribution is 2.31. The van der Waals surface area contributed by atoms with E-state index in [0.717, 1.165) is 27.9 Å². The maximum atomic E-state index is 14.8. The van der Waals surface area contributed by atoms with Gasteiger partial charge in [0.15, 0.2) is 0 Å². The fourth-order valence-corrected chi connectivity index (χ4v) is 3.31. The van der Waals surface area contributed by atoms with E-state index >= 15 is 0 Å². The van der Waals surface area contributed by atoms with Crippen LogP contribution in [0.25, 0.3) is 17.2 Å². The van der Waals surface area contributed by atoms with Crippen LogP contribution in [0.4, 0.5) is 10.1 Å². The molecule has 0 aliphatic rings. The average Bonchev–Trinajstić information content (AvgIpc) is 2.68. The maximum Gasteiger partial charge on any atom is 0.325 e. The molecular formula is C25H31FN2O3. The number of amides is 1. The number of hydrogen-bond donors (Lipinski definition) is 3. The number of aryl methyl sites for hydroxylation is 2. The largest absolute Gasteiger partial charge is 0.480 e. The molecule has 2 aromatic rings. The standard InChI is InChI=1S/C25H31FN2O3/c1-7-18(24(29)28-17(6)25(30)31)12-19-10-16(5)22(11-15(19)4)21-9-8-20(13-23(21)26)27-14(2)3/h8-14,17,27H,7H2,1-6H3,(H,28,29)(H,30,31)/t17-/m1/s1. The summed E-state index contributed by atoms with van der Waals surface area (Å²) in [5, 5.41) is 14.7. The molecule has 0 aliphatic carbocycles. The smallest absolute Gasteiger partial charge is 0.325 e. The van der Waals surface area contributed by atoms with E-state index in [4.69, 9.17) is 5.11 Å². The second kappa shape index (κ2) is 10.2. The lowest BCUT2D eigenvalue weighted by atomic mass is 9.93. The number of carbonyl (C=O) groups is 2. The zero-order valence-corrected chi connectivity index (χ0v) is 19.0. The van der Waals surface area contributed by atoms with Gasteiger partial charge in [0, 0.05) is 22.9 Å². The van der Waals surface area contributed by atoms with Gasteiger partial charge in [0.25, 0.3) is 0 Å². The summed E-state index contributed by atoms with van der Waals surface area (Å²) in [6.07, 6.45) is 2.22. The second-order valence-corrected chi connectivity index (χ2v) is 8.07. The molecule has 0 saturated heterocycles. The minimum Gasteiger partial charge on any atom is -0.480 e. The van der Waals surface area contributed by atoms with Crippen LogP contribution in [-0.2, 0) is 9.59 Å². The van der Waals surface area contributed by atoms with Crippen LogP contribution in [-0.4, -0.2) is 29.1 Å². The maximum absolute atomic E-state index is 14.8. The number of nitrogens with one attached hydrogen (secondary N) is 2. The van der Waals surface area contributed by atoms with Crippen LogP contribution >= 0.6 is 0 Å². The van der Waals surface area contributed by atoms with Gasteiger partial charge >= 0.3 is 5.97 Å². The number of benzene rings is 2. The quantitative estimate of drug-likeness (QED) is 0.500. The van der Waals surface area contributed by atoms with Gasteiger partial charge in [-0.05, 0) is 87.6 Å². The molecule has 0 aliphatic heterocycles. The van der Waals surface area contributed by atoms with E-state index in [9.17, 15) is 14.0 Å². The predicted molar refractivity (Wildman–Crippen MR) is 124 cm³/mol. The molecule has 2 aromatic carbocycles. The third kappa shape index (κ3) is 6.17. The van der Waals surface area contributed by atoms with Gasteiger partial charge in [-0.1, -0.05) is 19.1 Å². The number of anilines is 1. The van der Waals surface area contributed by atoms with Crippen molar-refractivity contribution in [3.8, 4) is 11.1 Å². The van der Waals surface area contributed by atoms with E-state index < -0.39 is 17.9 Å². The Hall–Kier alpha value is -3.15. The summed E-state index contributed by atoms with van der Waals surface area (Å²) in [4.78, 5) is 23.4. The average molecular weight is 427 g/mol. The molecule has 6 heteroatoms. The summed E-state index contributed by atoms with van der Waals surface area (Å²) in [5.41, 5.74) is 5.16. The number of carboxylic acid groups (broad SMARTS) is 1. The van der Waals surface area contributed by atoms with E-state index in [0.29, 0.717) is 17.6 Å². The fourth-order valence-electron chi connectivity index (χ4n) is 3.31. The second-order valence-electron chi connectivity index (χ2n) is 8.07. The van der Waals surface area contributed by atoms with Crippen LogP contribution in [0.3, 0.4) is 0 Å². The minimum absolute atomic E-state index is 0.212. The third-order valence-corrected chi connectivity index (χ3v) is 5.05. The predicted octanol–water partition coefficient (Wildman–Crippen LogP) is 5.31. The molecule has 31 heavy (non-hydrogen) atoms. The lowest BCUT2D eigenvalue weighted by Gasteiger charge is -2.15. The zero-order chi connectivity index (χ0) is 23.3. The molecule has 3 N–H and O–H groups in total. The van der Waals surface area contributed by atoms with Gasteiger partial charge < -0.3 is 15.7 Å². The first-order chi connectivity index (χ1) is 14.5. The molecule has 0 bridgehead atoms. The van der Waals surface area contributed by atoms with Crippen LogP contribution in [0.2, 0.25) is 0 Å². The van der Waals surface area contributed by atoms with Crippen molar-refractivity contribution in [1.29, 1.82) is 0 Å². The Kier molecular flexibility index (Phi) is 7.97. The van der Waals surface area contributed by atoms with Gasteiger partial charge in [0.1, 0.15) is 11.9 Å². The van der Waals surface area contributed by atoms with Gasteiger partial charge in [-0.15, -0.1) is 0 Å². The Morgan fingerprint density at radius 1 is 1.06 bits per heavy atom. The van der Waals surface area contributed by atoms with Crippen molar-refractivity contribution in [2.24, 2.45) is 0 Å². The fraction of sp³-hybridized carbons (Fsp3) is 0.360. The summed E-state index contributed by atoms with van der Waals surface area (Å²) < 4.78 is 14.8. The molecule has 0 fully saturated rings. The van der Waals surface area contributed by atoms with Crippen LogP contribution in [0, 0.1) is 19.7 Å². The van der Waals surface area contributed by atoms with Crippen molar-refractivity contribution >= 4 is 23.6 Å². The summed E-state index contributed by atoms with van der Waals surface area (Å²) in [6.45, 7) is 11.1. The molecule has 0 unspecified atom stereocenters. The molecule has 1 atom stereocenters. The molecule has 0 heterocycles. The van der Waals surface area contributed by atoms with Gasteiger partial charge in [-0.25, -0.2) is 4.39 Å². The van der Waals surface area contributed by atoms with Crippen LogP contribution in [0.1, 0.15) is 50.8 Å². The van der Waals surface area contributed by atoms with Gasteiger partial charge in [0.05, 0.1) is 0 Å². The molecule has 0 spiro atoms. The van der Waals surface area contributed by atoms with Crippen molar-refractivity contribution in [3.63, 3.8) is 0 Å². The van der Waals surface area contributed by atoms with E-state index in [2.05, 4.69) is 10.6 Å². The van der Waals surface area contributed by atoms with E-state index in [-0.39, 0.29) is 11.9 Å². The number of rotatable bonds is 8. The molecule has 0 radical (unpaired) electrons. The molecule has 0 aromatic heterocycles. The van der Waals surface area contributed by atoms with E-state index in [1.54, 1.807) is 12.1 Å². The normalized spacial score (nSPS) is 12.6. The number of aliphatic carboxylic acids is 1. The van der Waals surface area contributed by atoms with Crippen molar-refractivity contribution in [2.45, 2.75) is 60.0 Å². The molecule has 166 valence electrons. The van der Waals surface area contributed by atoms with Crippen molar-refractivity contribution in [3.05, 3.63) is 58.4 Å². The number of carbonyl (C=O) groups excluding carboxylic acids is 1. The minimum atomic E-state index is -1.09. The lowest BCUT2D eigenvalue weighted by Crippen LogP contribution is -2.39. The lowest BCUT2D eigenvalue weighted by molar-refractivity contribution is -0.140. The summed E-state index contributed by atoms with van der Waals surface area (Å²) in [7, 11) is 0. The topological polar surface area (TPSA) is 78.4 Å². The highest BCUT2D eigenvalue weighted by molar-refractivity contribution is 5.99. The molecule has 0 saturated carbocycles. The van der Waals surface area contributed by atoms with Crippen LogP contribution < -0.4 is 10.6 Å². The molecule has 1 amide bonds. The van der Waals surface area contributed by atoms with Crippen molar-refractivity contribution < 1.29 is 19.1 Å². The van der Waals surface area contributed by atoms with Gasteiger partial charge in [-0.3, -0.25) is 9.59 Å². The SMILES string of the molecule is CCC(=Cc1cc(C)c(-c2ccc(NC(C)C)cc2F)cc1C)C(=O)N[C@H](C)C(=O)O. The van der Waals surface area contributed by atoms with E-state index in [1.807, 2.05) is 52.8 Å². The Labute approximate surface area is 183 Å². The molecule has 2 rings (SSSR count). The summed E-state index contributed by atoms with van der Waals surface area (Å²) >= 11 is 0. The van der Waals surface area contributed by atoms with Gasteiger partial charge in [0.2, 0.25) is 5.91 Å². The van der Waals surface area contributed by atoms with E-state index in [1.165, 1.54) is 13.0 Å². The van der Waals surface area contributed by atoms with Crippen molar-refractivity contribution in [1.82, 2.24) is 5.32 Å². The highest BCUT2D eigenvalue weighted by Gasteiger charge is 2.17. The summed E-state index contributed by atoms with van der Waals surface area (Å²) in [5.74, 6) is -1.79. The van der Waals surface area contributed by atoms with Crippen LogP contribution in [0.5, 0.6) is 0 Å². The Morgan fingerprint density at radius 3 is 2.29 bits per heavy atom. The van der Waals surface area contributed by atoms with Crippen molar-refractivity contribution in [2.75, 3.05) is 5.32 Å². The molecule has 5 nitrogen and oxygen atoms in total. The third-order valence-electron chi connectivity index (χ3n) is 5.05. The van der Waals surface area contributed by atoms with Crippen LogP contribution in [0.15, 0.2) is 35.9 Å². The number of halogens is 1. The zero-order valence-electron chi connectivity index (χ0n) is 19.0. The Bertz CT molecular complexity index is 1010. The number of carboxylic acids is 1. The monoisotopic (exact) mass is 426 g/mol. The first-order valence-corrected chi connectivity index (χ1v) is 10.4. The number of hydrogen-bond acceptors (Lipinski definition) is 3. The summed E-state index contributed by atoms with van der Waals surface area (Å²) in [6, 6.07) is 8.22. The Balaban J connectivity index is 2.38. The molecular weight excluding hydrogens is 395 g/mol. The first-order valence-electron chi connectivity index (χ1n) is 10.4. The first kappa shape index (κ1) is 24.1. The van der Waals surface area contributed by atoms with Gasteiger partial charge in [-0.2, -0.15) is 0 Å².